The molecule has 9 heteroatoms. The van der Waals surface area contributed by atoms with Gasteiger partial charge in [-0.3, -0.25) is 14.4 Å². The first-order valence-electron chi connectivity index (χ1n) is 10.8. The summed E-state index contributed by atoms with van der Waals surface area (Å²) in [4.78, 5) is 36.5. The Bertz CT molecular complexity index is 731. The number of hydrogen-bond acceptors (Lipinski definition) is 7. The fourth-order valence-corrected chi connectivity index (χ4v) is 2.83. The number of nitrogens with one attached hydrogen (secondary N) is 1. The molecule has 0 aliphatic carbocycles. The van der Waals surface area contributed by atoms with Gasteiger partial charge in [-0.2, -0.15) is 0 Å². The van der Waals surface area contributed by atoms with Crippen LogP contribution in [0.4, 0.5) is 5.69 Å². The third-order valence-corrected chi connectivity index (χ3v) is 4.40. The van der Waals surface area contributed by atoms with Crippen LogP contribution in [0.2, 0.25) is 0 Å². The van der Waals surface area contributed by atoms with Gasteiger partial charge in [0, 0.05) is 25.3 Å². The maximum absolute atomic E-state index is 12.0. The van der Waals surface area contributed by atoms with Gasteiger partial charge < -0.3 is 24.3 Å². The Morgan fingerprint density at radius 2 is 1.28 bits per heavy atom. The zero-order chi connectivity index (χ0) is 23.0. The molecule has 1 aliphatic heterocycles. The van der Waals surface area contributed by atoms with Gasteiger partial charge in [0.05, 0.1) is 58.4 Å². The average Bonchev–Trinajstić information content (AvgIpc) is 3.12. The van der Waals surface area contributed by atoms with E-state index in [1.807, 2.05) is 0 Å². The molecule has 1 aromatic carbocycles. The quantitative estimate of drug-likeness (QED) is 0.283. The Morgan fingerprint density at radius 3 is 1.81 bits per heavy atom. The highest BCUT2D eigenvalue weighted by Gasteiger charge is 2.24. The molecule has 32 heavy (non-hydrogen) atoms. The van der Waals surface area contributed by atoms with Crippen LogP contribution >= 0.6 is 0 Å². The van der Waals surface area contributed by atoms with Crippen LogP contribution < -0.4 is 10.2 Å². The maximum Gasteiger partial charge on any atom is 0.258 e. The van der Waals surface area contributed by atoms with Crippen molar-refractivity contribution in [1.29, 1.82) is 0 Å². The second kappa shape index (κ2) is 15.3. The van der Waals surface area contributed by atoms with Crippen LogP contribution in [0.25, 0.3) is 0 Å². The molecule has 176 valence electrons. The molecule has 0 atom stereocenters. The molecule has 1 aliphatic rings. The molecular weight excluding hydrogens is 416 g/mol. The van der Waals surface area contributed by atoms with E-state index in [1.54, 1.807) is 24.3 Å². The van der Waals surface area contributed by atoms with Gasteiger partial charge in [0.15, 0.2) is 0 Å². The zero-order valence-electron chi connectivity index (χ0n) is 18.5. The monoisotopic (exact) mass is 448 g/mol. The van der Waals surface area contributed by atoms with Gasteiger partial charge in [0.25, 0.3) is 11.8 Å². The first-order valence-corrected chi connectivity index (χ1v) is 10.8. The number of amides is 3. The van der Waals surface area contributed by atoms with Crippen LogP contribution in [-0.4, -0.2) is 77.1 Å². The third kappa shape index (κ3) is 9.69. The summed E-state index contributed by atoms with van der Waals surface area (Å²) in [5, 5.41) is 2.79. The minimum absolute atomic E-state index is 0.132. The number of benzene rings is 1. The van der Waals surface area contributed by atoms with Crippen molar-refractivity contribution in [3.05, 3.63) is 42.0 Å². The highest BCUT2D eigenvalue weighted by Crippen LogP contribution is 2.19. The lowest BCUT2D eigenvalue weighted by Gasteiger charge is -2.14. The van der Waals surface area contributed by atoms with E-state index in [4.69, 9.17) is 18.9 Å². The Labute approximate surface area is 188 Å². The Hall–Kier alpha value is -2.59. The minimum Gasteiger partial charge on any atom is -0.379 e. The van der Waals surface area contributed by atoms with E-state index < -0.39 is 0 Å². The topological polar surface area (TPSA) is 103 Å². The molecule has 0 aromatic heterocycles. The minimum atomic E-state index is -0.368. The summed E-state index contributed by atoms with van der Waals surface area (Å²) in [5.41, 5.74) is 1.27. The third-order valence-electron chi connectivity index (χ3n) is 4.40. The van der Waals surface area contributed by atoms with E-state index in [0.717, 1.165) is 23.5 Å². The van der Waals surface area contributed by atoms with E-state index in [9.17, 15) is 14.4 Å². The second-order valence-corrected chi connectivity index (χ2v) is 6.99. The smallest absolute Gasteiger partial charge is 0.258 e. The van der Waals surface area contributed by atoms with Gasteiger partial charge in [-0.1, -0.05) is 19.1 Å². The van der Waals surface area contributed by atoms with Crippen molar-refractivity contribution in [3.8, 4) is 0 Å². The van der Waals surface area contributed by atoms with Crippen LogP contribution in [0.15, 0.2) is 36.4 Å². The molecule has 1 heterocycles. The molecular formula is C23H32N2O7. The molecule has 3 amide bonds. The van der Waals surface area contributed by atoms with Crippen molar-refractivity contribution in [2.24, 2.45) is 0 Å². The van der Waals surface area contributed by atoms with Crippen LogP contribution in [0.1, 0.15) is 18.9 Å². The molecule has 0 fully saturated rings. The highest BCUT2D eigenvalue weighted by molar-refractivity contribution is 6.28. The lowest BCUT2D eigenvalue weighted by atomic mass is 10.1. The summed E-state index contributed by atoms with van der Waals surface area (Å²) in [5.74, 6) is -0.869. The van der Waals surface area contributed by atoms with Crippen molar-refractivity contribution in [2.45, 2.75) is 19.8 Å². The molecule has 0 spiro atoms. The van der Waals surface area contributed by atoms with Crippen molar-refractivity contribution in [3.63, 3.8) is 0 Å². The number of rotatable bonds is 17. The van der Waals surface area contributed by atoms with E-state index >= 15 is 0 Å². The number of anilines is 1. The molecule has 0 bridgehead atoms. The molecule has 1 N–H and O–H groups in total. The highest BCUT2D eigenvalue weighted by atomic mass is 16.6. The molecule has 1 aromatic rings. The van der Waals surface area contributed by atoms with Crippen LogP contribution in [0, 0.1) is 0 Å². The molecule has 0 saturated carbocycles. The summed E-state index contributed by atoms with van der Waals surface area (Å²) >= 11 is 0. The normalized spacial score (nSPS) is 13.2. The summed E-state index contributed by atoms with van der Waals surface area (Å²) in [7, 11) is 0. The lowest BCUT2D eigenvalue weighted by molar-refractivity contribution is -0.121. The van der Waals surface area contributed by atoms with Gasteiger partial charge >= 0.3 is 0 Å². The standard InChI is InChI=1S/C23H32N2O7/c1-2-10-29-12-14-31-16-17-32-15-13-30-11-9-24-21(26)18-19-3-5-20(6-4-19)25-22(27)7-8-23(25)28/h3-8H,2,9-18H2,1H3,(H,24,26). The Kier molecular flexibility index (Phi) is 12.2. The van der Waals surface area contributed by atoms with E-state index in [1.165, 1.54) is 12.2 Å². The fraction of sp³-hybridized carbons (Fsp3) is 0.522. The molecule has 9 nitrogen and oxygen atoms in total. The number of hydrogen-bond donors (Lipinski definition) is 1. The van der Waals surface area contributed by atoms with Gasteiger partial charge in [-0.05, 0) is 24.1 Å². The Balaban J connectivity index is 1.45. The van der Waals surface area contributed by atoms with Crippen molar-refractivity contribution >= 4 is 23.4 Å². The molecule has 0 radical (unpaired) electrons. The van der Waals surface area contributed by atoms with E-state index in [-0.39, 0.29) is 24.1 Å². The van der Waals surface area contributed by atoms with Gasteiger partial charge in [0.2, 0.25) is 5.91 Å². The van der Waals surface area contributed by atoms with Crippen LogP contribution in [0.3, 0.4) is 0 Å². The van der Waals surface area contributed by atoms with E-state index in [0.29, 0.717) is 58.5 Å². The first kappa shape index (κ1) is 25.7. The van der Waals surface area contributed by atoms with Crippen LogP contribution in [-0.2, 0) is 39.8 Å². The number of ether oxygens (including phenoxy) is 4. The number of nitrogens with zero attached hydrogens (tertiary/aromatic N) is 1. The summed E-state index contributed by atoms with van der Waals surface area (Å²) in [6.07, 6.45) is 3.68. The number of imide groups is 1. The number of carbonyl (C=O) groups is 3. The second-order valence-electron chi connectivity index (χ2n) is 6.99. The van der Waals surface area contributed by atoms with Crippen LogP contribution in [0.5, 0.6) is 0 Å². The lowest BCUT2D eigenvalue weighted by Crippen LogP contribution is -2.30. The zero-order valence-corrected chi connectivity index (χ0v) is 18.5. The average molecular weight is 449 g/mol. The summed E-state index contributed by atoms with van der Waals surface area (Å²) in [6.45, 7) is 6.73. The predicted molar refractivity (Wildman–Crippen MR) is 118 cm³/mol. The largest absolute Gasteiger partial charge is 0.379 e. The SMILES string of the molecule is CCCOCCOCCOCCOCCNC(=O)Cc1ccc(N2C(=O)C=CC2=O)cc1. The molecule has 2 rings (SSSR count). The van der Waals surface area contributed by atoms with Crippen molar-refractivity contribution < 1.29 is 33.3 Å². The van der Waals surface area contributed by atoms with E-state index in [2.05, 4.69) is 12.2 Å². The van der Waals surface area contributed by atoms with Gasteiger partial charge in [-0.15, -0.1) is 0 Å². The molecule has 0 unspecified atom stereocenters. The number of carbonyl (C=O) groups excluding carboxylic acids is 3. The Morgan fingerprint density at radius 1 is 0.781 bits per heavy atom. The van der Waals surface area contributed by atoms with Crippen molar-refractivity contribution in [2.75, 3.05) is 64.3 Å². The summed E-state index contributed by atoms with van der Waals surface area (Å²) in [6, 6.07) is 6.76. The van der Waals surface area contributed by atoms with Gasteiger partial charge in [0.1, 0.15) is 0 Å². The maximum atomic E-state index is 12.0. The first-order chi connectivity index (χ1) is 15.6. The molecule has 0 saturated heterocycles. The predicted octanol–water partition coefficient (Wildman–Crippen LogP) is 1.25. The van der Waals surface area contributed by atoms with Crippen molar-refractivity contribution in [1.82, 2.24) is 5.32 Å². The fourth-order valence-electron chi connectivity index (χ4n) is 2.83. The van der Waals surface area contributed by atoms with Gasteiger partial charge in [-0.25, -0.2) is 4.90 Å². The summed E-state index contributed by atoms with van der Waals surface area (Å²) < 4.78 is 21.5.